The summed E-state index contributed by atoms with van der Waals surface area (Å²) in [6.07, 6.45) is 0. The topological polar surface area (TPSA) is 57.8 Å². The summed E-state index contributed by atoms with van der Waals surface area (Å²) in [5.74, 6) is 0.0187. The number of halogens is 1. The Morgan fingerprint density at radius 2 is 2.00 bits per heavy atom. The maximum absolute atomic E-state index is 13.2. The summed E-state index contributed by atoms with van der Waals surface area (Å²) in [5.41, 5.74) is 0.0196. The second-order valence-corrected chi connectivity index (χ2v) is 2.91. The molecule has 4 nitrogen and oxygen atoms in total. The molecule has 0 amide bonds. The second kappa shape index (κ2) is 3.91. The number of aromatic nitrogens is 2. The van der Waals surface area contributed by atoms with Gasteiger partial charge in [-0.25, -0.2) is 9.49 Å². The van der Waals surface area contributed by atoms with Gasteiger partial charge in [-0.05, 0) is 18.2 Å². The summed E-state index contributed by atoms with van der Waals surface area (Å²) in [6, 6.07) is 9.02. The van der Waals surface area contributed by atoms with Crippen molar-refractivity contribution in [3.05, 3.63) is 52.6 Å². The van der Waals surface area contributed by atoms with E-state index in [2.05, 4.69) is 15.5 Å². The summed E-state index contributed by atoms with van der Waals surface area (Å²) in [7, 11) is 0. The number of anilines is 2. The Morgan fingerprint density at radius 1 is 1.20 bits per heavy atom. The van der Waals surface area contributed by atoms with Gasteiger partial charge >= 0.3 is 0 Å². The molecule has 0 aliphatic rings. The van der Waals surface area contributed by atoms with Gasteiger partial charge in [0, 0.05) is 6.07 Å². The van der Waals surface area contributed by atoms with E-state index in [0.29, 0.717) is 11.5 Å². The van der Waals surface area contributed by atoms with Gasteiger partial charge in [-0.1, -0.05) is 12.1 Å². The zero-order valence-corrected chi connectivity index (χ0v) is 7.70. The van der Waals surface area contributed by atoms with Gasteiger partial charge in [-0.15, -0.1) is 0 Å². The highest BCUT2D eigenvalue weighted by atomic mass is 19.1. The average Bonchev–Trinajstić information content (AvgIpc) is 2.25. The van der Waals surface area contributed by atoms with E-state index in [4.69, 9.17) is 0 Å². The smallest absolute Gasteiger partial charge is 0.264 e. The first-order chi connectivity index (χ1) is 7.25. The van der Waals surface area contributed by atoms with Crippen molar-refractivity contribution in [3.63, 3.8) is 0 Å². The zero-order chi connectivity index (χ0) is 10.7. The fourth-order valence-corrected chi connectivity index (χ4v) is 1.11. The Morgan fingerprint density at radius 3 is 2.67 bits per heavy atom. The molecular formula is C10H8FN3O. The molecule has 0 radical (unpaired) electrons. The molecule has 0 spiro atoms. The second-order valence-electron chi connectivity index (χ2n) is 2.91. The molecule has 2 aromatic rings. The predicted octanol–water partition coefficient (Wildman–Crippen LogP) is 1.65. The first-order valence-electron chi connectivity index (χ1n) is 4.33. The largest absolute Gasteiger partial charge is 0.336 e. The average molecular weight is 205 g/mol. The van der Waals surface area contributed by atoms with E-state index >= 15 is 0 Å². The van der Waals surface area contributed by atoms with E-state index in [0.717, 1.165) is 0 Å². The molecule has 0 unspecified atom stereocenters. The van der Waals surface area contributed by atoms with Crippen LogP contribution in [0.5, 0.6) is 0 Å². The molecule has 0 fully saturated rings. The van der Waals surface area contributed by atoms with Crippen LogP contribution >= 0.6 is 0 Å². The first kappa shape index (κ1) is 9.39. The van der Waals surface area contributed by atoms with Crippen LogP contribution in [-0.4, -0.2) is 10.2 Å². The minimum Gasteiger partial charge on any atom is -0.336 e. The fraction of sp³-hybridized carbons (Fsp3) is 0. The Labute approximate surface area is 84.8 Å². The Bertz CT molecular complexity index is 504. The molecule has 15 heavy (non-hydrogen) atoms. The monoisotopic (exact) mass is 205 g/mol. The normalized spacial score (nSPS) is 9.93. The predicted molar refractivity (Wildman–Crippen MR) is 54.5 cm³/mol. The van der Waals surface area contributed by atoms with Crippen molar-refractivity contribution in [2.75, 3.05) is 5.32 Å². The minimum atomic E-state index is -0.370. The SMILES string of the molecule is O=c1ccc(Nc2ccccc2F)n[nH]1. The Hall–Kier alpha value is -2.17. The van der Waals surface area contributed by atoms with E-state index < -0.39 is 0 Å². The van der Waals surface area contributed by atoms with Crippen LogP contribution < -0.4 is 10.9 Å². The Balaban J connectivity index is 2.26. The maximum Gasteiger partial charge on any atom is 0.264 e. The van der Waals surface area contributed by atoms with Crippen LogP contribution in [0.1, 0.15) is 0 Å². The highest BCUT2D eigenvalue weighted by Gasteiger charge is 2.00. The third kappa shape index (κ3) is 2.19. The molecule has 5 heteroatoms. The standard InChI is InChI=1S/C10H8FN3O/c11-7-3-1-2-4-8(7)12-9-5-6-10(15)14-13-9/h1-6H,(H,12,13)(H,14,15). The minimum absolute atomic E-state index is 0.297. The molecule has 0 saturated heterocycles. The molecule has 0 aliphatic heterocycles. The number of para-hydroxylation sites is 1. The van der Waals surface area contributed by atoms with Crippen LogP contribution in [0, 0.1) is 5.82 Å². The lowest BCUT2D eigenvalue weighted by Gasteiger charge is -2.04. The van der Waals surface area contributed by atoms with Gasteiger partial charge in [0.15, 0.2) is 5.82 Å². The van der Waals surface area contributed by atoms with Gasteiger partial charge in [0.1, 0.15) is 5.82 Å². The van der Waals surface area contributed by atoms with Crippen molar-refractivity contribution in [3.8, 4) is 0 Å². The van der Waals surface area contributed by atoms with Crippen molar-refractivity contribution >= 4 is 11.5 Å². The number of hydrogen-bond donors (Lipinski definition) is 2. The van der Waals surface area contributed by atoms with Crippen LogP contribution in [0.3, 0.4) is 0 Å². The summed E-state index contributed by atoms with van der Waals surface area (Å²) >= 11 is 0. The van der Waals surface area contributed by atoms with E-state index in [1.165, 1.54) is 18.2 Å². The van der Waals surface area contributed by atoms with Crippen LogP contribution in [0.2, 0.25) is 0 Å². The fourth-order valence-electron chi connectivity index (χ4n) is 1.11. The number of H-pyrrole nitrogens is 1. The van der Waals surface area contributed by atoms with Crippen LogP contribution in [0.4, 0.5) is 15.9 Å². The summed E-state index contributed by atoms with van der Waals surface area (Å²) in [5, 5.41) is 8.69. The number of benzene rings is 1. The van der Waals surface area contributed by atoms with Gasteiger partial charge in [-0.2, -0.15) is 5.10 Å². The van der Waals surface area contributed by atoms with Crippen LogP contribution in [0.15, 0.2) is 41.2 Å². The number of aromatic amines is 1. The van der Waals surface area contributed by atoms with E-state index in [-0.39, 0.29) is 11.4 Å². The highest BCUT2D eigenvalue weighted by molar-refractivity contribution is 5.55. The molecule has 0 aliphatic carbocycles. The van der Waals surface area contributed by atoms with E-state index in [1.54, 1.807) is 18.2 Å². The molecule has 0 saturated carbocycles. The zero-order valence-electron chi connectivity index (χ0n) is 7.70. The van der Waals surface area contributed by atoms with Crippen molar-refractivity contribution < 1.29 is 4.39 Å². The molecule has 1 aromatic carbocycles. The molecule has 2 rings (SSSR count). The van der Waals surface area contributed by atoms with Crippen molar-refractivity contribution in [1.29, 1.82) is 0 Å². The molecule has 1 aromatic heterocycles. The lowest BCUT2D eigenvalue weighted by atomic mass is 10.3. The lowest BCUT2D eigenvalue weighted by Crippen LogP contribution is -2.07. The van der Waals surface area contributed by atoms with Crippen molar-refractivity contribution in [2.45, 2.75) is 0 Å². The molecule has 0 bridgehead atoms. The summed E-state index contributed by atoms with van der Waals surface area (Å²) < 4.78 is 13.2. The van der Waals surface area contributed by atoms with Gasteiger partial charge in [0.25, 0.3) is 5.56 Å². The summed E-state index contributed by atoms with van der Waals surface area (Å²) in [4.78, 5) is 10.7. The van der Waals surface area contributed by atoms with Gasteiger partial charge in [-0.3, -0.25) is 4.79 Å². The third-order valence-electron chi connectivity index (χ3n) is 1.82. The van der Waals surface area contributed by atoms with E-state index in [9.17, 15) is 9.18 Å². The third-order valence-corrected chi connectivity index (χ3v) is 1.82. The van der Waals surface area contributed by atoms with Crippen LogP contribution in [0.25, 0.3) is 0 Å². The first-order valence-corrected chi connectivity index (χ1v) is 4.33. The van der Waals surface area contributed by atoms with E-state index in [1.807, 2.05) is 0 Å². The van der Waals surface area contributed by atoms with Gasteiger partial charge in [0.05, 0.1) is 5.69 Å². The molecule has 76 valence electrons. The van der Waals surface area contributed by atoms with Crippen molar-refractivity contribution in [1.82, 2.24) is 10.2 Å². The maximum atomic E-state index is 13.2. The summed E-state index contributed by atoms with van der Waals surface area (Å²) in [6.45, 7) is 0. The quantitative estimate of drug-likeness (QED) is 0.783. The van der Waals surface area contributed by atoms with Gasteiger partial charge in [0.2, 0.25) is 0 Å². The number of nitrogens with zero attached hydrogens (tertiary/aromatic N) is 1. The number of hydrogen-bond acceptors (Lipinski definition) is 3. The molecule has 0 atom stereocenters. The number of rotatable bonds is 2. The lowest BCUT2D eigenvalue weighted by molar-refractivity contribution is 0.631. The number of nitrogens with one attached hydrogen (secondary N) is 2. The van der Waals surface area contributed by atoms with Crippen molar-refractivity contribution in [2.24, 2.45) is 0 Å². The molecular weight excluding hydrogens is 197 g/mol. The Kier molecular flexibility index (Phi) is 2.45. The highest BCUT2D eigenvalue weighted by Crippen LogP contribution is 2.16. The van der Waals surface area contributed by atoms with Crippen LogP contribution in [-0.2, 0) is 0 Å². The molecule has 1 heterocycles. The van der Waals surface area contributed by atoms with Gasteiger partial charge < -0.3 is 5.32 Å². The molecule has 2 N–H and O–H groups in total.